The average Bonchev–Trinajstić information content (AvgIpc) is 2.52. The summed E-state index contributed by atoms with van der Waals surface area (Å²) < 4.78 is 10.4. The molecule has 2 N–H and O–H groups in total. The molecule has 1 heterocycles. The summed E-state index contributed by atoms with van der Waals surface area (Å²) in [4.78, 5) is 12.4. The first-order valence-corrected chi connectivity index (χ1v) is 7.29. The van der Waals surface area contributed by atoms with Gasteiger partial charge in [-0.1, -0.05) is 6.92 Å². The number of halogens is 1. The van der Waals surface area contributed by atoms with E-state index < -0.39 is 0 Å². The summed E-state index contributed by atoms with van der Waals surface area (Å²) >= 11 is 0. The van der Waals surface area contributed by atoms with Crippen molar-refractivity contribution >= 4 is 18.3 Å². The molecule has 124 valence electrons. The zero-order chi connectivity index (χ0) is 15.3. The minimum absolute atomic E-state index is 0. The molecule has 1 fully saturated rings. The lowest BCUT2D eigenvalue weighted by atomic mass is 9.83. The Kier molecular flexibility index (Phi) is 6.97. The van der Waals surface area contributed by atoms with Crippen molar-refractivity contribution in [2.45, 2.75) is 19.8 Å². The molecule has 1 saturated heterocycles. The van der Waals surface area contributed by atoms with Gasteiger partial charge in [0.05, 0.1) is 19.8 Å². The Morgan fingerprint density at radius 2 is 2.14 bits per heavy atom. The second-order valence-corrected chi connectivity index (χ2v) is 5.84. The molecule has 1 atom stereocenters. The van der Waals surface area contributed by atoms with Crippen LogP contribution in [0.15, 0.2) is 18.2 Å². The maximum Gasteiger partial charge on any atom is 0.255 e. The average molecular weight is 329 g/mol. The van der Waals surface area contributed by atoms with Crippen LogP contribution in [0.25, 0.3) is 0 Å². The number of ether oxygens (including phenoxy) is 2. The molecule has 1 aliphatic heterocycles. The molecular formula is C16H25ClN2O3. The van der Waals surface area contributed by atoms with Gasteiger partial charge >= 0.3 is 0 Å². The van der Waals surface area contributed by atoms with Gasteiger partial charge in [0.1, 0.15) is 11.5 Å². The Bertz CT molecular complexity index is 502. The topological polar surface area (TPSA) is 59.6 Å². The number of carbonyl (C=O) groups is 1. The van der Waals surface area contributed by atoms with E-state index in [0.29, 0.717) is 23.6 Å². The smallest absolute Gasteiger partial charge is 0.255 e. The number of piperidine rings is 1. The van der Waals surface area contributed by atoms with Crippen LogP contribution in [0, 0.1) is 5.41 Å². The zero-order valence-corrected chi connectivity index (χ0v) is 14.2. The lowest BCUT2D eigenvalue weighted by Gasteiger charge is -2.34. The quantitative estimate of drug-likeness (QED) is 0.870. The molecule has 1 aliphatic rings. The molecule has 1 aromatic carbocycles. The Hall–Kier alpha value is -1.46. The summed E-state index contributed by atoms with van der Waals surface area (Å²) in [6, 6.07) is 5.23. The number of benzene rings is 1. The molecule has 22 heavy (non-hydrogen) atoms. The van der Waals surface area contributed by atoms with Gasteiger partial charge in [-0.3, -0.25) is 4.79 Å². The van der Waals surface area contributed by atoms with Crippen molar-refractivity contribution in [3.05, 3.63) is 23.8 Å². The largest absolute Gasteiger partial charge is 0.497 e. The van der Waals surface area contributed by atoms with Crippen LogP contribution in [0.3, 0.4) is 0 Å². The van der Waals surface area contributed by atoms with Gasteiger partial charge in [0.25, 0.3) is 5.91 Å². The predicted octanol–water partition coefficient (Wildman–Crippen LogP) is 2.25. The summed E-state index contributed by atoms with van der Waals surface area (Å²) in [7, 11) is 3.14. The van der Waals surface area contributed by atoms with Gasteiger partial charge in [0, 0.05) is 13.1 Å². The molecular weight excluding hydrogens is 304 g/mol. The molecule has 5 nitrogen and oxygen atoms in total. The summed E-state index contributed by atoms with van der Waals surface area (Å²) in [5.41, 5.74) is 0.615. The molecule has 2 rings (SSSR count). The fourth-order valence-corrected chi connectivity index (χ4v) is 2.65. The second kappa shape index (κ2) is 8.25. The van der Waals surface area contributed by atoms with Crippen molar-refractivity contribution in [1.29, 1.82) is 0 Å². The standard InChI is InChI=1S/C16H24N2O3.ClH/c1-16(7-4-8-17-10-16)11-18-15(19)13-9-12(20-2)5-6-14(13)21-3;/h5-6,9,17H,4,7-8,10-11H2,1-3H3,(H,18,19);1H. The molecule has 1 unspecified atom stereocenters. The number of carbonyl (C=O) groups excluding carboxylic acids is 1. The molecule has 1 amide bonds. The Balaban J connectivity index is 0.00000242. The monoisotopic (exact) mass is 328 g/mol. The lowest BCUT2D eigenvalue weighted by molar-refractivity contribution is 0.0921. The second-order valence-electron chi connectivity index (χ2n) is 5.84. The van der Waals surface area contributed by atoms with Gasteiger partial charge in [0.2, 0.25) is 0 Å². The number of rotatable bonds is 5. The van der Waals surface area contributed by atoms with Gasteiger partial charge in [-0.15, -0.1) is 12.4 Å². The normalized spacial score (nSPS) is 20.7. The zero-order valence-electron chi connectivity index (χ0n) is 13.4. The molecule has 6 heteroatoms. The van der Waals surface area contributed by atoms with E-state index in [1.54, 1.807) is 32.4 Å². The van der Waals surface area contributed by atoms with Crippen LogP contribution in [-0.4, -0.2) is 39.8 Å². The number of hydrogen-bond donors (Lipinski definition) is 2. The number of amides is 1. The van der Waals surface area contributed by atoms with Gasteiger partial charge in [0.15, 0.2) is 0 Å². The SMILES string of the molecule is COc1ccc(OC)c(C(=O)NCC2(C)CCCNC2)c1.Cl. The summed E-state index contributed by atoms with van der Waals surface area (Å²) in [5, 5.41) is 6.40. The first kappa shape index (κ1) is 18.6. The Morgan fingerprint density at radius 3 is 2.73 bits per heavy atom. The van der Waals surface area contributed by atoms with Crippen molar-refractivity contribution in [2.24, 2.45) is 5.41 Å². The summed E-state index contributed by atoms with van der Waals surface area (Å²) in [5.74, 6) is 1.07. The van der Waals surface area contributed by atoms with E-state index in [2.05, 4.69) is 17.6 Å². The minimum Gasteiger partial charge on any atom is -0.497 e. The van der Waals surface area contributed by atoms with E-state index in [1.807, 2.05) is 0 Å². The summed E-state index contributed by atoms with van der Waals surface area (Å²) in [6.45, 7) is 4.84. The van der Waals surface area contributed by atoms with Gasteiger partial charge < -0.3 is 20.1 Å². The third-order valence-corrected chi connectivity index (χ3v) is 4.01. The predicted molar refractivity (Wildman–Crippen MR) is 89.3 cm³/mol. The van der Waals surface area contributed by atoms with Gasteiger partial charge in [-0.05, 0) is 43.0 Å². The van der Waals surface area contributed by atoms with Crippen LogP contribution in [0.5, 0.6) is 11.5 Å². The maximum atomic E-state index is 12.4. The van der Waals surface area contributed by atoms with Crippen molar-refractivity contribution in [3.63, 3.8) is 0 Å². The van der Waals surface area contributed by atoms with Crippen LogP contribution in [0.2, 0.25) is 0 Å². The van der Waals surface area contributed by atoms with Crippen molar-refractivity contribution < 1.29 is 14.3 Å². The molecule has 1 aromatic rings. The van der Waals surface area contributed by atoms with Crippen molar-refractivity contribution in [1.82, 2.24) is 10.6 Å². The third kappa shape index (κ3) is 4.52. The first-order valence-electron chi connectivity index (χ1n) is 7.29. The first-order chi connectivity index (χ1) is 10.1. The van der Waals surface area contributed by atoms with Crippen LogP contribution < -0.4 is 20.1 Å². The minimum atomic E-state index is -0.127. The molecule has 0 bridgehead atoms. The van der Waals surface area contributed by atoms with Crippen molar-refractivity contribution in [2.75, 3.05) is 33.9 Å². The molecule has 0 spiro atoms. The highest BCUT2D eigenvalue weighted by molar-refractivity contribution is 5.97. The lowest BCUT2D eigenvalue weighted by Crippen LogP contribution is -2.45. The van der Waals surface area contributed by atoms with Crippen LogP contribution in [-0.2, 0) is 0 Å². The highest BCUT2D eigenvalue weighted by Crippen LogP contribution is 2.26. The Morgan fingerprint density at radius 1 is 1.36 bits per heavy atom. The van der Waals surface area contributed by atoms with Gasteiger partial charge in [-0.25, -0.2) is 0 Å². The number of hydrogen-bond acceptors (Lipinski definition) is 4. The fourth-order valence-electron chi connectivity index (χ4n) is 2.65. The van der Waals surface area contributed by atoms with E-state index in [-0.39, 0.29) is 23.7 Å². The van der Waals surface area contributed by atoms with Crippen LogP contribution in [0.4, 0.5) is 0 Å². The highest BCUT2D eigenvalue weighted by atomic mass is 35.5. The van der Waals surface area contributed by atoms with E-state index >= 15 is 0 Å². The van der Waals surface area contributed by atoms with E-state index in [0.717, 1.165) is 25.9 Å². The van der Waals surface area contributed by atoms with Crippen LogP contribution in [0.1, 0.15) is 30.1 Å². The van der Waals surface area contributed by atoms with E-state index in [4.69, 9.17) is 9.47 Å². The van der Waals surface area contributed by atoms with E-state index in [1.165, 1.54) is 0 Å². The Labute approximate surface area is 138 Å². The molecule has 0 radical (unpaired) electrons. The van der Waals surface area contributed by atoms with Crippen LogP contribution >= 0.6 is 12.4 Å². The third-order valence-electron chi connectivity index (χ3n) is 4.01. The number of nitrogens with one attached hydrogen (secondary N) is 2. The molecule has 0 aliphatic carbocycles. The molecule has 0 aromatic heterocycles. The van der Waals surface area contributed by atoms with Gasteiger partial charge in [-0.2, -0.15) is 0 Å². The molecule has 0 saturated carbocycles. The van der Waals surface area contributed by atoms with Crippen molar-refractivity contribution in [3.8, 4) is 11.5 Å². The fraction of sp³-hybridized carbons (Fsp3) is 0.562. The highest BCUT2D eigenvalue weighted by Gasteiger charge is 2.27. The van der Waals surface area contributed by atoms with E-state index in [9.17, 15) is 4.79 Å². The maximum absolute atomic E-state index is 12.4. The summed E-state index contributed by atoms with van der Waals surface area (Å²) in [6.07, 6.45) is 2.27. The number of methoxy groups -OCH3 is 2.